The monoisotopic (exact) mass is 341 g/mol. The van der Waals surface area contributed by atoms with Gasteiger partial charge in [-0.25, -0.2) is 9.37 Å². The van der Waals surface area contributed by atoms with E-state index in [1.807, 2.05) is 11.8 Å². The van der Waals surface area contributed by atoms with Gasteiger partial charge in [0.25, 0.3) is 0 Å². The Morgan fingerprint density at radius 2 is 1.96 bits per heavy atom. The summed E-state index contributed by atoms with van der Waals surface area (Å²) in [6, 6.07) is 6.84. The van der Waals surface area contributed by atoms with E-state index < -0.39 is 0 Å². The summed E-state index contributed by atoms with van der Waals surface area (Å²) >= 11 is 0. The quantitative estimate of drug-likeness (QED) is 0.838. The van der Waals surface area contributed by atoms with Crippen LogP contribution in [0.2, 0.25) is 0 Å². The van der Waals surface area contributed by atoms with Crippen molar-refractivity contribution in [3.05, 3.63) is 35.6 Å². The van der Waals surface area contributed by atoms with Gasteiger partial charge in [-0.2, -0.15) is 0 Å². The number of pyridine rings is 1. The number of hydrogen-bond acceptors (Lipinski definition) is 3. The Morgan fingerprint density at radius 1 is 1.12 bits per heavy atom. The number of halogens is 1. The van der Waals surface area contributed by atoms with Crippen LogP contribution in [-0.4, -0.2) is 42.0 Å². The summed E-state index contributed by atoms with van der Waals surface area (Å²) in [6.07, 6.45) is 4.24. The second-order valence-electron chi connectivity index (χ2n) is 7.25. The number of aromatic nitrogens is 1. The highest BCUT2D eigenvalue weighted by atomic mass is 19.1. The summed E-state index contributed by atoms with van der Waals surface area (Å²) in [5, 5.41) is 0.988. The number of aryl methyl sites for hydroxylation is 1. The second-order valence-corrected chi connectivity index (χ2v) is 7.25. The molecule has 0 spiro atoms. The van der Waals surface area contributed by atoms with Crippen molar-refractivity contribution in [2.45, 2.75) is 32.6 Å². The van der Waals surface area contributed by atoms with Crippen LogP contribution in [0, 0.1) is 18.7 Å². The second kappa shape index (κ2) is 6.62. The van der Waals surface area contributed by atoms with Gasteiger partial charge in [-0.1, -0.05) is 6.42 Å². The third kappa shape index (κ3) is 3.20. The van der Waals surface area contributed by atoms with Crippen LogP contribution in [0.15, 0.2) is 24.3 Å². The molecule has 25 heavy (non-hydrogen) atoms. The molecule has 4 rings (SSSR count). The van der Waals surface area contributed by atoms with Crippen LogP contribution < -0.4 is 4.90 Å². The van der Waals surface area contributed by atoms with Crippen LogP contribution in [0.3, 0.4) is 0 Å². The molecule has 2 aromatic rings. The summed E-state index contributed by atoms with van der Waals surface area (Å²) in [5.41, 5.74) is 1.80. The molecule has 0 radical (unpaired) electrons. The van der Waals surface area contributed by atoms with Crippen LogP contribution in [-0.2, 0) is 4.79 Å². The lowest BCUT2D eigenvalue weighted by Crippen LogP contribution is -2.41. The molecule has 2 heterocycles. The molecular weight excluding hydrogens is 317 g/mol. The molecule has 1 aliphatic carbocycles. The van der Waals surface area contributed by atoms with Crippen LogP contribution in [0.4, 0.5) is 10.2 Å². The SMILES string of the molecule is Cc1cc(N2CCCN(C(=O)C3CCC3)CC2)nc2cc(F)ccc12. The van der Waals surface area contributed by atoms with E-state index in [4.69, 9.17) is 0 Å². The van der Waals surface area contributed by atoms with Crippen molar-refractivity contribution >= 4 is 22.6 Å². The number of benzene rings is 1. The Kier molecular flexibility index (Phi) is 4.32. The standard InChI is InChI=1S/C20H24FN3O/c1-14-12-19(22-18-13-16(21)6-7-17(14)18)23-8-3-9-24(11-10-23)20(25)15-4-2-5-15/h6-7,12-13,15H,2-5,8-11H2,1H3. The maximum Gasteiger partial charge on any atom is 0.225 e. The van der Waals surface area contributed by atoms with Gasteiger partial charge in [0.05, 0.1) is 5.52 Å². The molecular formula is C20H24FN3O. The van der Waals surface area contributed by atoms with Crippen LogP contribution in [0.25, 0.3) is 10.9 Å². The van der Waals surface area contributed by atoms with Gasteiger partial charge in [-0.05, 0) is 49.9 Å². The normalized spacial score (nSPS) is 19.0. The number of carbonyl (C=O) groups excluding carboxylic acids is 1. The molecule has 0 atom stereocenters. The van der Waals surface area contributed by atoms with E-state index in [0.29, 0.717) is 11.4 Å². The fourth-order valence-electron chi connectivity index (χ4n) is 3.80. The molecule has 2 fully saturated rings. The van der Waals surface area contributed by atoms with Gasteiger partial charge in [-0.15, -0.1) is 0 Å². The van der Waals surface area contributed by atoms with Crippen molar-refractivity contribution in [3.8, 4) is 0 Å². The lowest BCUT2D eigenvalue weighted by molar-refractivity contribution is -0.137. The minimum Gasteiger partial charge on any atom is -0.355 e. The summed E-state index contributed by atoms with van der Waals surface area (Å²) in [7, 11) is 0. The molecule has 1 amide bonds. The number of rotatable bonds is 2. The highest BCUT2D eigenvalue weighted by Gasteiger charge is 2.30. The van der Waals surface area contributed by atoms with Crippen molar-refractivity contribution in [1.82, 2.24) is 9.88 Å². The molecule has 0 unspecified atom stereocenters. The van der Waals surface area contributed by atoms with Gasteiger partial charge >= 0.3 is 0 Å². The van der Waals surface area contributed by atoms with E-state index in [9.17, 15) is 9.18 Å². The Balaban J connectivity index is 1.53. The van der Waals surface area contributed by atoms with Gasteiger partial charge < -0.3 is 9.80 Å². The van der Waals surface area contributed by atoms with Gasteiger partial charge in [0.2, 0.25) is 5.91 Å². The van der Waals surface area contributed by atoms with Crippen molar-refractivity contribution in [1.29, 1.82) is 0 Å². The molecule has 2 aliphatic rings. The highest BCUT2D eigenvalue weighted by Crippen LogP contribution is 2.29. The smallest absolute Gasteiger partial charge is 0.225 e. The summed E-state index contributed by atoms with van der Waals surface area (Å²) < 4.78 is 13.6. The van der Waals surface area contributed by atoms with E-state index in [1.165, 1.54) is 18.6 Å². The zero-order valence-corrected chi connectivity index (χ0v) is 14.7. The first-order valence-electron chi connectivity index (χ1n) is 9.22. The molecule has 4 nitrogen and oxygen atoms in total. The first kappa shape index (κ1) is 16.3. The average molecular weight is 341 g/mol. The molecule has 5 heteroatoms. The number of fused-ring (bicyclic) bond motifs is 1. The molecule has 1 saturated carbocycles. The fraction of sp³-hybridized carbons (Fsp3) is 0.500. The lowest BCUT2D eigenvalue weighted by atomic mass is 9.84. The van der Waals surface area contributed by atoms with Crippen LogP contribution in [0.5, 0.6) is 0 Å². The number of nitrogens with zero attached hydrogens (tertiary/aromatic N) is 3. The first-order valence-corrected chi connectivity index (χ1v) is 9.22. The lowest BCUT2D eigenvalue weighted by Gasteiger charge is -2.31. The molecule has 1 saturated heterocycles. The van der Waals surface area contributed by atoms with E-state index in [1.54, 1.807) is 6.07 Å². The maximum atomic E-state index is 13.6. The van der Waals surface area contributed by atoms with Gasteiger partial charge in [-0.3, -0.25) is 4.79 Å². The zero-order valence-electron chi connectivity index (χ0n) is 14.7. The van der Waals surface area contributed by atoms with Gasteiger partial charge in [0, 0.05) is 43.5 Å². The molecule has 132 valence electrons. The molecule has 1 aromatic heterocycles. The van der Waals surface area contributed by atoms with E-state index in [2.05, 4.69) is 16.0 Å². The van der Waals surface area contributed by atoms with E-state index in [-0.39, 0.29) is 11.7 Å². The Bertz CT molecular complexity index is 803. The average Bonchev–Trinajstić information content (AvgIpc) is 2.78. The summed E-state index contributed by atoms with van der Waals surface area (Å²) in [4.78, 5) is 21.4. The number of carbonyl (C=O) groups is 1. The molecule has 1 aliphatic heterocycles. The Hall–Kier alpha value is -2.17. The minimum atomic E-state index is -0.260. The van der Waals surface area contributed by atoms with Crippen molar-refractivity contribution in [3.63, 3.8) is 0 Å². The van der Waals surface area contributed by atoms with Crippen LogP contribution in [0.1, 0.15) is 31.2 Å². The molecule has 1 aromatic carbocycles. The number of anilines is 1. The largest absolute Gasteiger partial charge is 0.355 e. The number of hydrogen-bond donors (Lipinski definition) is 0. The predicted octanol–water partition coefficient (Wildman–Crippen LogP) is 3.52. The van der Waals surface area contributed by atoms with Crippen molar-refractivity contribution in [2.24, 2.45) is 5.92 Å². The predicted molar refractivity (Wildman–Crippen MR) is 97.2 cm³/mol. The van der Waals surface area contributed by atoms with Gasteiger partial charge in [0.15, 0.2) is 0 Å². The number of amides is 1. The van der Waals surface area contributed by atoms with Crippen LogP contribution >= 0.6 is 0 Å². The van der Waals surface area contributed by atoms with Crippen molar-refractivity contribution < 1.29 is 9.18 Å². The summed E-state index contributed by atoms with van der Waals surface area (Å²) in [5.74, 6) is 1.21. The Morgan fingerprint density at radius 3 is 2.72 bits per heavy atom. The zero-order chi connectivity index (χ0) is 17.4. The molecule has 0 bridgehead atoms. The Labute approximate surface area is 147 Å². The topological polar surface area (TPSA) is 36.4 Å². The molecule has 0 N–H and O–H groups in total. The summed E-state index contributed by atoms with van der Waals surface area (Å²) in [6.45, 7) is 5.27. The van der Waals surface area contributed by atoms with Gasteiger partial charge in [0.1, 0.15) is 11.6 Å². The minimum absolute atomic E-state index is 0.260. The van der Waals surface area contributed by atoms with Crippen molar-refractivity contribution in [2.75, 3.05) is 31.1 Å². The highest BCUT2D eigenvalue weighted by molar-refractivity contribution is 5.84. The third-order valence-corrected chi connectivity index (χ3v) is 5.55. The van der Waals surface area contributed by atoms with E-state index in [0.717, 1.165) is 62.2 Å². The first-order chi connectivity index (χ1) is 12.1. The third-order valence-electron chi connectivity index (χ3n) is 5.55. The fourth-order valence-corrected chi connectivity index (χ4v) is 3.80. The van der Waals surface area contributed by atoms with E-state index >= 15 is 0 Å². The maximum absolute atomic E-state index is 13.6.